The van der Waals surface area contributed by atoms with Gasteiger partial charge in [-0.1, -0.05) is 57.9 Å². The van der Waals surface area contributed by atoms with E-state index in [1.54, 1.807) is 21.3 Å². The average Bonchev–Trinajstić information content (AvgIpc) is 2.82. The average molecular weight is 425 g/mol. The monoisotopic (exact) mass is 424 g/mol. The Bertz CT molecular complexity index is 870. The molecule has 1 unspecified atom stereocenters. The Morgan fingerprint density at radius 2 is 1.52 bits per heavy atom. The first kappa shape index (κ1) is 24.4. The van der Waals surface area contributed by atoms with Gasteiger partial charge < -0.3 is 18.9 Å². The maximum atomic E-state index is 6.25. The maximum Gasteiger partial charge on any atom is 0.127 e. The molecule has 0 saturated carbocycles. The van der Waals surface area contributed by atoms with Crippen LogP contribution in [0.25, 0.3) is 18.2 Å². The van der Waals surface area contributed by atoms with E-state index >= 15 is 0 Å². The molecular formula is C27H36O4. The van der Waals surface area contributed by atoms with E-state index < -0.39 is 0 Å². The molecule has 0 fully saturated rings. The van der Waals surface area contributed by atoms with E-state index in [9.17, 15) is 0 Å². The van der Waals surface area contributed by atoms with Crippen molar-refractivity contribution in [1.82, 2.24) is 0 Å². The standard InChI is InChI=1S/C27H36O4/c1-7-10-11-20(8-2)19-31-27-18-23(26(30-6)17-21(27)9-3)13-12-22-16-24(28-4)14-15-25(22)29-5/h9,12-18,20H,3,7-8,10-11,19H2,1-2,4-6H3/b13-12+. The molecule has 0 aliphatic rings. The lowest BCUT2D eigenvalue weighted by Gasteiger charge is -2.18. The quantitative estimate of drug-likeness (QED) is 0.321. The molecule has 0 bridgehead atoms. The fourth-order valence-electron chi connectivity index (χ4n) is 3.44. The summed E-state index contributed by atoms with van der Waals surface area (Å²) in [7, 11) is 4.98. The molecule has 0 amide bonds. The summed E-state index contributed by atoms with van der Waals surface area (Å²) in [5.74, 6) is 3.69. The molecular weight excluding hydrogens is 388 g/mol. The third kappa shape index (κ3) is 6.81. The number of hydrogen-bond donors (Lipinski definition) is 0. The van der Waals surface area contributed by atoms with Gasteiger partial charge in [-0.05, 0) is 42.7 Å². The fraction of sp³-hybridized carbons (Fsp3) is 0.407. The van der Waals surface area contributed by atoms with Crippen LogP contribution in [-0.2, 0) is 0 Å². The third-order valence-corrected chi connectivity index (χ3v) is 5.48. The van der Waals surface area contributed by atoms with E-state index in [-0.39, 0.29) is 0 Å². The van der Waals surface area contributed by atoms with Gasteiger partial charge in [0.15, 0.2) is 0 Å². The normalized spacial score (nSPS) is 11.9. The van der Waals surface area contributed by atoms with Crippen LogP contribution in [0, 0.1) is 5.92 Å². The van der Waals surface area contributed by atoms with Crippen molar-refractivity contribution in [3.05, 3.63) is 53.6 Å². The van der Waals surface area contributed by atoms with E-state index in [4.69, 9.17) is 18.9 Å². The van der Waals surface area contributed by atoms with Crippen LogP contribution in [0.5, 0.6) is 23.0 Å². The number of unbranched alkanes of at least 4 members (excludes halogenated alkanes) is 1. The second-order valence-electron chi connectivity index (χ2n) is 7.50. The topological polar surface area (TPSA) is 36.9 Å². The summed E-state index contributed by atoms with van der Waals surface area (Å²) in [6.45, 7) is 9.10. The van der Waals surface area contributed by atoms with E-state index in [1.807, 2.05) is 48.6 Å². The van der Waals surface area contributed by atoms with Crippen LogP contribution in [-0.4, -0.2) is 27.9 Å². The van der Waals surface area contributed by atoms with Crippen LogP contribution < -0.4 is 18.9 Å². The van der Waals surface area contributed by atoms with Crippen LogP contribution in [0.15, 0.2) is 36.9 Å². The highest BCUT2D eigenvalue weighted by molar-refractivity contribution is 5.77. The highest BCUT2D eigenvalue weighted by Gasteiger charge is 2.12. The van der Waals surface area contributed by atoms with E-state index in [0.717, 1.165) is 46.1 Å². The van der Waals surface area contributed by atoms with Gasteiger partial charge in [-0.15, -0.1) is 0 Å². The highest BCUT2D eigenvalue weighted by atomic mass is 16.5. The molecule has 0 aliphatic carbocycles. The summed E-state index contributed by atoms with van der Waals surface area (Å²) in [5.41, 5.74) is 2.78. The molecule has 0 heterocycles. The largest absolute Gasteiger partial charge is 0.497 e. The van der Waals surface area contributed by atoms with E-state index in [2.05, 4.69) is 20.4 Å². The Kier molecular flexibility index (Phi) is 10.0. The zero-order valence-electron chi connectivity index (χ0n) is 19.6. The summed E-state index contributed by atoms with van der Waals surface area (Å²) in [4.78, 5) is 0. The van der Waals surface area contributed by atoms with Gasteiger partial charge in [-0.3, -0.25) is 0 Å². The minimum atomic E-state index is 0.555. The lowest BCUT2D eigenvalue weighted by atomic mass is 10.0. The Hall–Kier alpha value is -2.88. The molecule has 0 N–H and O–H groups in total. The molecule has 0 aliphatic heterocycles. The predicted octanol–water partition coefficient (Wildman–Crippen LogP) is 7.12. The van der Waals surface area contributed by atoms with Gasteiger partial charge in [-0.2, -0.15) is 0 Å². The molecule has 2 rings (SSSR count). The van der Waals surface area contributed by atoms with Crippen molar-refractivity contribution in [2.75, 3.05) is 27.9 Å². The van der Waals surface area contributed by atoms with Crippen molar-refractivity contribution < 1.29 is 18.9 Å². The van der Waals surface area contributed by atoms with Crippen LogP contribution in [0.1, 0.15) is 56.2 Å². The minimum absolute atomic E-state index is 0.555. The van der Waals surface area contributed by atoms with Crippen LogP contribution in [0.2, 0.25) is 0 Å². The van der Waals surface area contributed by atoms with Crippen molar-refractivity contribution in [2.45, 2.75) is 39.5 Å². The maximum absolute atomic E-state index is 6.25. The van der Waals surface area contributed by atoms with Crippen molar-refractivity contribution in [3.8, 4) is 23.0 Å². The third-order valence-electron chi connectivity index (χ3n) is 5.48. The molecule has 0 spiro atoms. The van der Waals surface area contributed by atoms with Gasteiger partial charge in [0, 0.05) is 16.7 Å². The summed E-state index contributed by atoms with van der Waals surface area (Å²) >= 11 is 0. The van der Waals surface area contributed by atoms with Crippen LogP contribution >= 0.6 is 0 Å². The highest BCUT2D eigenvalue weighted by Crippen LogP contribution is 2.33. The molecule has 0 aromatic heterocycles. The predicted molar refractivity (Wildman–Crippen MR) is 130 cm³/mol. The zero-order valence-corrected chi connectivity index (χ0v) is 19.6. The summed E-state index contributed by atoms with van der Waals surface area (Å²) in [6.07, 6.45) is 10.5. The van der Waals surface area contributed by atoms with Crippen molar-refractivity contribution in [3.63, 3.8) is 0 Å². The van der Waals surface area contributed by atoms with Gasteiger partial charge in [-0.25, -0.2) is 0 Å². The molecule has 1 atom stereocenters. The first-order chi connectivity index (χ1) is 15.1. The molecule has 2 aromatic carbocycles. The Morgan fingerprint density at radius 1 is 0.839 bits per heavy atom. The van der Waals surface area contributed by atoms with Gasteiger partial charge >= 0.3 is 0 Å². The first-order valence-corrected chi connectivity index (χ1v) is 11.0. The summed E-state index contributed by atoms with van der Waals surface area (Å²) in [5, 5.41) is 0. The first-order valence-electron chi connectivity index (χ1n) is 11.0. The SMILES string of the molecule is C=Cc1cc(OC)c(/C=C/c2cc(OC)ccc2OC)cc1OCC(CC)CCCC. The van der Waals surface area contributed by atoms with E-state index in [0.29, 0.717) is 12.5 Å². The number of benzene rings is 2. The smallest absolute Gasteiger partial charge is 0.127 e. The van der Waals surface area contributed by atoms with E-state index in [1.165, 1.54) is 19.3 Å². The molecule has 4 nitrogen and oxygen atoms in total. The lowest BCUT2D eigenvalue weighted by molar-refractivity contribution is 0.232. The fourth-order valence-corrected chi connectivity index (χ4v) is 3.44. The van der Waals surface area contributed by atoms with Crippen molar-refractivity contribution in [2.24, 2.45) is 5.92 Å². The van der Waals surface area contributed by atoms with Gasteiger partial charge in [0.25, 0.3) is 0 Å². The minimum Gasteiger partial charge on any atom is -0.497 e. The summed E-state index contributed by atoms with van der Waals surface area (Å²) < 4.78 is 22.7. The lowest BCUT2D eigenvalue weighted by Crippen LogP contribution is -2.12. The molecule has 31 heavy (non-hydrogen) atoms. The van der Waals surface area contributed by atoms with Crippen molar-refractivity contribution >= 4 is 18.2 Å². The van der Waals surface area contributed by atoms with Crippen LogP contribution in [0.4, 0.5) is 0 Å². The molecule has 0 radical (unpaired) electrons. The van der Waals surface area contributed by atoms with Crippen LogP contribution in [0.3, 0.4) is 0 Å². The Labute approximate surface area is 187 Å². The van der Waals surface area contributed by atoms with Crippen molar-refractivity contribution in [1.29, 1.82) is 0 Å². The second kappa shape index (κ2) is 12.7. The van der Waals surface area contributed by atoms with Gasteiger partial charge in [0.05, 0.1) is 27.9 Å². The van der Waals surface area contributed by atoms with Gasteiger partial charge in [0.2, 0.25) is 0 Å². The van der Waals surface area contributed by atoms with Gasteiger partial charge in [0.1, 0.15) is 23.0 Å². The number of ether oxygens (including phenoxy) is 4. The molecule has 168 valence electrons. The number of hydrogen-bond acceptors (Lipinski definition) is 4. The summed E-state index contributed by atoms with van der Waals surface area (Å²) in [6, 6.07) is 9.71. The molecule has 0 saturated heterocycles. The second-order valence-corrected chi connectivity index (χ2v) is 7.50. The number of methoxy groups -OCH3 is 3. The number of rotatable bonds is 13. The Morgan fingerprint density at radius 3 is 2.10 bits per heavy atom. The molecule has 2 aromatic rings. The Balaban J connectivity index is 2.33. The zero-order chi connectivity index (χ0) is 22.6. The molecule has 4 heteroatoms.